The molecule has 0 saturated heterocycles. The van der Waals surface area contributed by atoms with Gasteiger partial charge in [0.05, 0.1) is 0 Å². The summed E-state index contributed by atoms with van der Waals surface area (Å²) in [5, 5.41) is 0. The third kappa shape index (κ3) is 3.93. The molecule has 0 fully saturated rings. The van der Waals surface area contributed by atoms with E-state index in [1.165, 1.54) is 24.1 Å². The van der Waals surface area contributed by atoms with Gasteiger partial charge in [0.15, 0.2) is 0 Å². The predicted molar refractivity (Wildman–Crippen MR) is 75.6 cm³/mol. The number of nitrogens with two attached hydrogens (primary N) is 1. The lowest BCUT2D eigenvalue weighted by atomic mass is 10.1. The standard InChI is InChI=1S/C13H22N2.ClH/c1-4-8-15(9-5-2)12-6-7-13(14)11(3)10-12;/h6-7,10H,4-5,8-9,14H2,1-3H3;1H. The molecule has 2 nitrogen and oxygen atoms in total. The van der Waals surface area contributed by atoms with Gasteiger partial charge in [-0.1, -0.05) is 13.8 Å². The second kappa shape index (κ2) is 7.39. The molecule has 0 heterocycles. The fourth-order valence-electron chi connectivity index (χ4n) is 1.77. The number of nitrogens with zero attached hydrogens (tertiary/aromatic N) is 1. The molecule has 0 spiro atoms. The second-order valence-electron chi connectivity index (χ2n) is 4.03. The zero-order chi connectivity index (χ0) is 11.3. The van der Waals surface area contributed by atoms with E-state index in [0.717, 1.165) is 18.8 Å². The normalized spacial score (nSPS) is 9.69. The molecule has 3 heteroatoms. The van der Waals surface area contributed by atoms with Crippen molar-refractivity contribution in [3.05, 3.63) is 23.8 Å². The van der Waals surface area contributed by atoms with Crippen molar-refractivity contribution in [2.75, 3.05) is 23.7 Å². The van der Waals surface area contributed by atoms with E-state index in [2.05, 4.69) is 37.8 Å². The van der Waals surface area contributed by atoms with Crippen molar-refractivity contribution in [3.8, 4) is 0 Å². The number of halogens is 1. The minimum Gasteiger partial charge on any atom is -0.399 e. The summed E-state index contributed by atoms with van der Waals surface area (Å²) < 4.78 is 0. The van der Waals surface area contributed by atoms with Crippen molar-refractivity contribution < 1.29 is 0 Å². The maximum absolute atomic E-state index is 5.82. The average Bonchev–Trinajstić information content (AvgIpc) is 2.22. The summed E-state index contributed by atoms with van der Waals surface area (Å²) in [5.74, 6) is 0. The number of anilines is 2. The zero-order valence-electron chi connectivity index (χ0n) is 10.5. The molecule has 1 rings (SSSR count). The van der Waals surface area contributed by atoms with Gasteiger partial charge in [0, 0.05) is 24.5 Å². The van der Waals surface area contributed by atoms with Crippen molar-refractivity contribution >= 4 is 23.8 Å². The SMILES string of the molecule is CCCN(CCC)c1ccc(N)c(C)c1.Cl. The molecule has 0 aromatic heterocycles. The van der Waals surface area contributed by atoms with Gasteiger partial charge in [0.25, 0.3) is 0 Å². The summed E-state index contributed by atoms with van der Waals surface area (Å²) >= 11 is 0. The van der Waals surface area contributed by atoms with Crippen molar-refractivity contribution in [1.29, 1.82) is 0 Å². The van der Waals surface area contributed by atoms with Crippen molar-refractivity contribution in [2.45, 2.75) is 33.6 Å². The summed E-state index contributed by atoms with van der Waals surface area (Å²) in [6, 6.07) is 6.30. The highest BCUT2D eigenvalue weighted by Gasteiger charge is 2.05. The van der Waals surface area contributed by atoms with Crippen LogP contribution in [0.25, 0.3) is 0 Å². The summed E-state index contributed by atoms with van der Waals surface area (Å²) in [6.45, 7) is 8.74. The number of aryl methyl sites for hydroxylation is 1. The van der Waals surface area contributed by atoms with Crippen LogP contribution in [-0.4, -0.2) is 13.1 Å². The van der Waals surface area contributed by atoms with E-state index in [-0.39, 0.29) is 12.4 Å². The molecule has 1 aromatic carbocycles. The lowest BCUT2D eigenvalue weighted by molar-refractivity contribution is 0.745. The number of benzene rings is 1. The van der Waals surface area contributed by atoms with Crippen LogP contribution in [0.15, 0.2) is 18.2 Å². The molecular formula is C13H23ClN2. The Balaban J connectivity index is 0.00000225. The predicted octanol–water partition coefficient (Wildman–Crippen LogP) is 3.63. The van der Waals surface area contributed by atoms with Gasteiger partial charge in [-0.15, -0.1) is 12.4 Å². The van der Waals surface area contributed by atoms with E-state index in [4.69, 9.17) is 5.73 Å². The Hall–Kier alpha value is -0.890. The first-order valence-electron chi connectivity index (χ1n) is 5.80. The van der Waals surface area contributed by atoms with Gasteiger partial charge < -0.3 is 10.6 Å². The van der Waals surface area contributed by atoms with Crippen molar-refractivity contribution in [2.24, 2.45) is 0 Å². The number of hydrogen-bond donors (Lipinski definition) is 1. The van der Waals surface area contributed by atoms with Crippen LogP contribution in [0, 0.1) is 6.92 Å². The zero-order valence-corrected chi connectivity index (χ0v) is 11.3. The topological polar surface area (TPSA) is 29.3 Å². The largest absolute Gasteiger partial charge is 0.399 e. The summed E-state index contributed by atoms with van der Waals surface area (Å²) in [4.78, 5) is 2.42. The molecule has 0 saturated carbocycles. The van der Waals surface area contributed by atoms with Crippen LogP contribution in [0.5, 0.6) is 0 Å². The molecule has 0 aliphatic rings. The Morgan fingerprint density at radius 3 is 2.12 bits per heavy atom. The van der Waals surface area contributed by atoms with Crippen molar-refractivity contribution in [1.82, 2.24) is 0 Å². The number of nitrogen functional groups attached to an aromatic ring is 1. The van der Waals surface area contributed by atoms with Crippen LogP contribution in [0.2, 0.25) is 0 Å². The van der Waals surface area contributed by atoms with E-state index < -0.39 is 0 Å². The van der Waals surface area contributed by atoms with Gasteiger partial charge in [0.1, 0.15) is 0 Å². The fraction of sp³-hybridized carbons (Fsp3) is 0.538. The molecular weight excluding hydrogens is 220 g/mol. The molecule has 0 bridgehead atoms. The molecule has 0 amide bonds. The highest BCUT2D eigenvalue weighted by atomic mass is 35.5. The van der Waals surface area contributed by atoms with E-state index in [1.807, 2.05) is 6.07 Å². The molecule has 0 aliphatic heterocycles. The molecule has 0 atom stereocenters. The van der Waals surface area contributed by atoms with Gasteiger partial charge in [-0.2, -0.15) is 0 Å². The number of rotatable bonds is 5. The Morgan fingerprint density at radius 1 is 1.12 bits per heavy atom. The lowest BCUT2D eigenvalue weighted by Gasteiger charge is -2.24. The van der Waals surface area contributed by atoms with E-state index >= 15 is 0 Å². The molecule has 92 valence electrons. The van der Waals surface area contributed by atoms with Gasteiger partial charge >= 0.3 is 0 Å². The van der Waals surface area contributed by atoms with Gasteiger partial charge in [-0.3, -0.25) is 0 Å². The molecule has 2 N–H and O–H groups in total. The van der Waals surface area contributed by atoms with Gasteiger partial charge in [0.2, 0.25) is 0 Å². The Labute approximate surface area is 105 Å². The van der Waals surface area contributed by atoms with E-state index in [1.54, 1.807) is 0 Å². The monoisotopic (exact) mass is 242 g/mol. The maximum atomic E-state index is 5.82. The van der Waals surface area contributed by atoms with Crippen molar-refractivity contribution in [3.63, 3.8) is 0 Å². The first-order chi connectivity index (χ1) is 7.19. The van der Waals surface area contributed by atoms with Crippen LogP contribution < -0.4 is 10.6 Å². The first kappa shape index (κ1) is 15.1. The van der Waals surface area contributed by atoms with Gasteiger partial charge in [-0.25, -0.2) is 0 Å². The van der Waals surface area contributed by atoms with Crippen LogP contribution in [0.1, 0.15) is 32.3 Å². The van der Waals surface area contributed by atoms with Crippen LogP contribution in [0.4, 0.5) is 11.4 Å². The Kier molecular flexibility index (Phi) is 6.98. The number of hydrogen-bond acceptors (Lipinski definition) is 2. The third-order valence-electron chi connectivity index (χ3n) is 2.61. The highest BCUT2D eigenvalue weighted by molar-refractivity contribution is 5.85. The first-order valence-corrected chi connectivity index (χ1v) is 5.80. The molecule has 0 unspecified atom stereocenters. The van der Waals surface area contributed by atoms with E-state index in [0.29, 0.717) is 0 Å². The summed E-state index contributed by atoms with van der Waals surface area (Å²) in [5.41, 5.74) is 9.17. The molecule has 1 aromatic rings. The molecule has 0 radical (unpaired) electrons. The average molecular weight is 243 g/mol. The summed E-state index contributed by atoms with van der Waals surface area (Å²) in [6.07, 6.45) is 2.37. The highest BCUT2D eigenvalue weighted by Crippen LogP contribution is 2.20. The van der Waals surface area contributed by atoms with Crippen LogP contribution in [-0.2, 0) is 0 Å². The minimum atomic E-state index is 0. The van der Waals surface area contributed by atoms with Crippen LogP contribution >= 0.6 is 12.4 Å². The molecule has 0 aliphatic carbocycles. The smallest absolute Gasteiger partial charge is 0.0370 e. The van der Waals surface area contributed by atoms with Crippen LogP contribution in [0.3, 0.4) is 0 Å². The second-order valence-corrected chi connectivity index (χ2v) is 4.03. The lowest BCUT2D eigenvalue weighted by Crippen LogP contribution is -2.24. The quantitative estimate of drug-likeness (QED) is 0.799. The summed E-state index contributed by atoms with van der Waals surface area (Å²) in [7, 11) is 0. The molecule has 16 heavy (non-hydrogen) atoms. The van der Waals surface area contributed by atoms with E-state index in [9.17, 15) is 0 Å². The Bertz CT molecular complexity index is 307. The van der Waals surface area contributed by atoms with Gasteiger partial charge in [-0.05, 0) is 43.5 Å². The maximum Gasteiger partial charge on any atom is 0.0370 e. The third-order valence-corrected chi connectivity index (χ3v) is 2.61. The Morgan fingerprint density at radius 2 is 1.69 bits per heavy atom. The minimum absolute atomic E-state index is 0. The fourth-order valence-corrected chi connectivity index (χ4v) is 1.77.